The van der Waals surface area contributed by atoms with Gasteiger partial charge in [-0.15, -0.1) is 0 Å². The normalized spacial score (nSPS) is 18.7. The summed E-state index contributed by atoms with van der Waals surface area (Å²) >= 11 is 0. The maximum atomic E-state index is 10.6. The number of aromatic nitrogens is 1. The van der Waals surface area contributed by atoms with Crippen LogP contribution in [0.4, 0.5) is 0 Å². The summed E-state index contributed by atoms with van der Waals surface area (Å²) < 4.78 is 12.4. The Bertz CT molecular complexity index is 1130. The Labute approximate surface area is 151 Å². The minimum absolute atomic E-state index is 0.479. The molecule has 0 bridgehead atoms. The lowest BCUT2D eigenvalue weighted by Gasteiger charge is -2.37. The minimum Gasteiger partial charge on any atom is -0.484 e. The molecule has 1 atom stereocenters. The van der Waals surface area contributed by atoms with E-state index in [0.717, 1.165) is 33.2 Å². The van der Waals surface area contributed by atoms with Gasteiger partial charge >= 0.3 is 0 Å². The summed E-state index contributed by atoms with van der Waals surface area (Å²) in [7, 11) is 0. The Morgan fingerprint density at radius 1 is 1.00 bits per heavy atom. The number of fused-ring (bicyclic) bond motifs is 6. The van der Waals surface area contributed by atoms with Crippen molar-refractivity contribution in [1.82, 2.24) is 4.98 Å². The highest BCUT2D eigenvalue weighted by molar-refractivity contribution is 6.09. The van der Waals surface area contributed by atoms with E-state index < -0.39 is 11.7 Å². The van der Waals surface area contributed by atoms with Crippen molar-refractivity contribution >= 4 is 21.9 Å². The summed E-state index contributed by atoms with van der Waals surface area (Å²) in [5, 5.41) is 12.6. The first-order valence-electron chi connectivity index (χ1n) is 8.81. The summed E-state index contributed by atoms with van der Waals surface area (Å²) in [6.07, 6.45) is -0.128. The lowest BCUT2D eigenvalue weighted by molar-refractivity contribution is -0.0398. The number of hydrogen-bond acceptors (Lipinski definition) is 4. The van der Waals surface area contributed by atoms with E-state index in [-0.39, 0.29) is 0 Å². The molecular formula is C22H19NO3. The average Bonchev–Trinajstić information content (AvgIpc) is 3.10. The smallest absolute Gasteiger partial charge is 0.227 e. The molecule has 0 saturated heterocycles. The molecule has 0 aliphatic carbocycles. The van der Waals surface area contributed by atoms with E-state index >= 15 is 0 Å². The molecular weight excluding hydrogens is 326 g/mol. The molecule has 0 radical (unpaired) electrons. The van der Waals surface area contributed by atoms with Crippen LogP contribution in [-0.2, 0) is 6.42 Å². The lowest BCUT2D eigenvalue weighted by atomic mass is 9.89. The van der Waals surface area contributed by atoms with Gasteiger partial charge in [0, 0.05) is 28.3 Å². The summed E-state index contributed by atoms with van der Waals surface area (Å²) in [6, 6.07) is 17.9. The van der Waals surface area contributed by atoms with Gasteiger partial charge in [0.05, 0.1) is 6.10 Å². The van der Waals surface area contributed by atoms with Crippen LogP contribution in [-0.4, -0.2) is 21.8 Å². The first-order chi connectivity index (χ1) is 12.5. The summed E-state index contributed by atoms with van der Waals surface area (Å²) in [5.74, 6) is 1.37. The number of nitrogens with zero attached hydrogens (tertiary/aromatic N) is 1. The highest BCUT2D eigenvalue weighted by atomic mass is 16.5. The predicted octanol–water partition coefficient (Wildman–Crippen LogP) is 4.72. The molecule has 4 heteroatoms. The molecule has 1 unspecified atom stereocenters. The van der Waals surface area contributed by atoms with Gasteiger partial charge < -0.3 is 14.3 Å². The Morgan fingerprint density at radius 3 is 2.46 bits per heavy atom. The van der Waals surface area contributed by atoms with Crippen molar-refractivity contribution in [2.45, 2.75) is 32.0 Å². The first-order valence-corrected chi connectivity index (χ1v) is 8.81. The van der Waals surface area contributed by atoms with Gasteiger partial charge in [0.15, 0.2) is 5.58 Å². The third-order valence-corrected chi connectivity index (χ3v) is 5.19. The molecule has 0 fully saturated rings. The molecule has 26 heavy (non-hydrogen) atoms. The SMILES string of the molecule is CC1(C)Oc2c(c3oc(-c4ccccc4)nc3c3ccccc23)CC1O. The quantitative estimate of drug-likeness (QED) is 0.542. The van der Waals surface area contributed by atoms with Gasteiger partial charge in [0.1, 0.15) is 16.9 Å². The van der Waals surface area contributed by atoms with Crippen LogP contribution in [0, 0.1) is 0 Å². The molecule has 5 rings (SSSR count). The van der Waals surface area contributed by atoms with Crippen LogP contribution in [0.2, 0.25) is 0 Å². The second-order valence-electron chi connectivity index (χ2n) is 7.34. The van der Waals surface area contributed by atoms with E-state index in [0.29, 0.717) is 17.9 Å². The van der Waals surface area contributed by atoms with Gasteiger partial charge in [0.25, 0.3) is 0 Å². The number of benzene rings is 3. The van der Waals surface area contributed by atoms with E-state index in [4.69, 9.17) is 14.1 Å². The van der Waals surface area contributed by atoms with Gasteiger partial charge in [-0.2, -0.15) is 0 Å². The highest BCUT2D eigenvalue weighted by Gasteiger charge is 2.38. The second kappa shape index (κ2) is 5.32. The van der Waals surface area contributed by atoms with Crippen LogP contribution in [0.25, 0.3) is 33.3 Å². The van der Waals surface area contributed by atoms with Crippen molar-refractivity contribution in [1.29, 1.82) is 0 Å². The standard InChI is InChI=1S/C22H19NO3/c1-22(2)17(24)12-16-19(26-22)15-11-7-6-10-14(15)18-20(16)25-21(23-18)13-8-4-3-5-9-13/h3-11,17,24H,12H2,1-2H3. The zero-order chi connectivity index (χ0) is 17.9. The molecule has 4 nitrogen and oxygen atoms in total. The molecule has 1 aromatic heterocycles. The molecule has 1 aliphatic heterocycles. The average molecular weight is 345 g/mol. The number of rotatable bonds is 1. The Kier molecular flexibility index (Phi) is 3.15. The van der Waals surface area contributed by atoms with E-state index in [1.54, 1.807) is 0 Å². The van der Waals surface area contributed by atoms with Gasteiger partial charge in [-0.05, 0) is 26.0 Å². The van der Waals surface area contributed by atoms with Crippen molar-refractivity contribution < 1.29 is 14.3 Å². The van der Waals surface area contributed by atoms with Crippen molar-refractivity contribution in [2.75, 3.05) is 0 Å². The molecule has 2 heterocycles. The van der Waals surface area contributed by atoms with Gasteiger partial charge in [0.2, 0.25) is 5.89 Å². The minimum atomic E-state index is -0.647. The van der Waals surface area contributed by atoms with Gasteiger partial charge in [-0.1, -0.05) is 42.5 Å². The monoisotopic (exact) mass is 345 g/mol. The largest absolute Gasteiger partial charge is 0.484 e. The van der Waals surface area contributed by atoms with E-state index in [1.807, 2.05) is 68.4 Å². The molecule has 3 aromatic carbocycles. The molecule has 0 saturated carbocycles. The van der Waals surface area contributed by atoms with Crippen molar-refractivity contribution in [3.05, 3.63) is 60.2 Å². The van der Waals surface area contributed by atoms with E-state index in [2.05, 4.69) is 0 Å². The number of ether oxygens (including phenoxy) is 1. The van der Waals surface area contributed by atoms with Crippen molar-refractivity contribution in [3.8, 4) is 17.2 Å². The van der Waals surface area contributed by atoms with Crippen LogP contribution >= 0.6 is 0 Å². The van der Waals surface area contributed by atoms with Gasteiger partial charge in [-0.3, -0.25) is 0 Å². The Hall–Kier alpha value is -2.85. The third-order valence-electron chi connectivity index (χ3n) is 5.19. The zero-order valence-electron chi connectivity index (χ0n) is 14.7. The maximum Gasteiger partial charge on any atom is 0.227 e. The van der Waals surface area contributed by atoms with Crippen molar-refractivity contribution in [3.63, 3.8) is 0 Å². The second-order valence-corrected chi connectivity index (χ2v) is 7.34. The number of oxazole rings is 1. The Balaban J connectivity index is 1.86. The first kappa shape index (κ1) is 15.4. The highest BCUT2D eigenvalue weighted by Crippen LogP contribution is 2.45. The molecule has 0 spiro atoms. The number of aliphatic hydroxyl groups excluding tert-OH is 1. The van der Waals surface area contributed by atoms with E-state index in [1.165, 1.54) is 0 Å². The molecule has 1 aliphatic rings. The summed E-state index contributed by atoms with van der Waals surface area (Å²) in [4.78, 5) is 4.78. The third kappa shape index (κ3) is 2.15. The van der Waals surface area contributed by atoms with Crippen LogP contribution in [0.15, 0.2) is 59.0 Å². The Morgan fingerprint density at radius 2 is 1.69 bits per heavy atom. The van der Waals surface area contributed by atoms with E-state index in [9.17, 15) is 5.11 Å². The van der Waals surface area contributed by atoms with Crippen molar-refractivity contribution in [2.24, 2.45) is 0 Å². The fourth-order valence-electron chi connectivity index (χ4n) is 3.64. The molecule has 0 amide bonds. The fourth-order valence-corrected chi connectivity index (χ4v) is 3.64. The summed E-state index contributed by atoms with van der Waals surface area (Å²) in [5.41, 5.74) is 2.69. The zero-order valence-corrected chi connectivity index (χ0v) is 14.7. The van der Waals surface area contributed by atoms with Gasteiger partial charge in [-0.25, -0.2) is 4.98 Å². The topological polar surface area (TPSA) is 55.5 Å². The lowest BCUT2D eigenvalue weighted by Crippen LogP contribution is -2.46. The van der Waals surface area contributed by atoms with Crippen LogP contribution in [0.1, 0.15) is 19.4 Å². The van der Waals surface area contributed by atoms with Crippen LogP contribution in [0.3, 0.4) is 0 Å². The number of hydrogen-bond donors (Lipinski definition) is 1. The molecule has 4 aromatic rings. The van der Waals surface area contributed by atoms with Crippen LogP contribution in [0.5, 0.6) is 5.75 Å². The van der Waals surface area contributed by atoms with Crippen LogP contribution < -0.4 is 4.74 Å². The predicted molar refractivity (Wildman–Crippen MR) is 101 cm³/mol. The molecule has 1 N–H and O–H groups in total. The number of aliphatic hydroxyl groups is 1. The summed E-state index contributed by atoms with van der Waals surface area (Å²) in [6.45, 7) is 3.82. The molecule has 130 valence electrons. The maximum absolute atomic E-state index is 10.6. The fraction of sp³-hybridized carbons (Fsp3) is 0.227.